The maximum Gasteiger partial charge on any atom is 0.268 e. The molecule has 21 heavy (non-hydrogen) atoms. The molecule has 3 heterocycles. The van der Waals surface area contributed by atoms with Crippen molar-refractivity contribution in [1.29, 1.82) is 0 Å². The number of benzene rings is 1. The second kappa shape index (κ2) is 5.03. The molecule has 102 valence electrons. The van der Waals surface area contributed by atoms with E-state index in [2.05, 4.69) is 14.7 Å². The molecule has 0 fully saturated rings. The molecule has 0 spiro atoms. The van der Waals surface area contributed by atoms with Crippen molar-refractivity contribution in [2.24, 2.45) is 0 Å². The molecule has 0 unspecified atom stereocenters. The lowest BCUT2D eigenvalue weighted by Crippen LogP contribution is -1.89. The van der Waals surface area contributed by atoms with E-state index in [4.69, 9.17) is 4.52 Å². The average molecular weight is 293 g/mol. The van der Waals surface area contributed by atoms with Crippen molar-refractivity contribution in [3.63, 3.8) is 0 Å². The minimum atomic E-state index is 0.564. The van der Waals surface area contributed by atoms with E-state index in [0.29, 0.717) is 11.7 Å². The summed E-state index contributed by atoms with van der Waals surface area (Å²) in [6.07, 6.45) is 4.02. The normalized spacial score (nSPS) is 10.9. The van der Waals surface area contributed by atoms with E-state index in [1.54, 1.807) is 11.3 Å². The zero-order valence-corrected chi connectivity index (χ0v) is 11.8. The monoisotopic (exact) mass is 293 g/mol. The first kappa shape index (κ1) is 12.1. The lowest BCUT2D eigenvalue weighted by molar-refractivity contribution is 0.433. The molecule has 0 aliphatic rings. The predicted molar refractivity (Wildman–Crippen MR) is 82.4 cm³/mol. The van der Waals surface area contributed by atoms with Crippen LogP contribution in [0.2, 0.25) is 0 Å². The molecule has 5 heteroatoms. The summed E-state index contributed by atoms with van der Waals surface area (Å²) in [4.78, 5) is 5.43. The quantitative estimate of drug-likeness (QED) is 0.567. The van der Waals surface area contributed by atoms with E-state index in [1.165, 1.54) is 0 Å². The van der Waals surface area contributed by atoms with Crippen LogP contribution in [0.3, 0.4) is 0 Å². The van der Waals surface area contributed by atoms with E-state index in [9.17, 15) is 0 Å². The van der Waals surface area contributed by atoms with Gasteiger partial charge in [-0.15, -0.1) is 11.3 Å². The van der Waals surface area contributed by atoms with E-state index in [-0.39, 0.29) is 0 Å². The highest BCUT2D eigenvalue weighted by molar-refractivity contribution is 7.13. The number of hydrogen-bond acceptors (Lipinski definition) is 4. The third-order valence-electron chi connectivity index (χ3n) is 3.19. The molecule has 0 saturated heterocycles. The first-order chi connectivity index (χ1) is 10.4. The lowest BCUT2D eigenvalue weighted by atomic mass is 10.2. The van der Waals surface area contributed by atoms with Crippen LogP contribution < -0.4 is 0 Å². The minimum Gasteiger partial charge on any atom is -0.333 e. The Morgan fingerprint density at radius 2 is 1.76 bits per heavy atom. The van der Waals surface area contributed by atoms with Crippen molar-refractivity contribution in [3.05, 3.63) is 66.3 Å². The van der Waals surface area contributed by atoms with E-state index < -0.39 is 0 Å². The van der Waals surface area contributed by atoms with Gasteiger partial charge in [0.2, 0.25) is 5.82 Å². The van der Waals surface area contributed by atoms with Gasteiger partial charge in [-0.1, -0.05) is 11.2 Å². The fraction of sp³-hybridized carbons (Fsp3) is 0. The summed E-state index contributed by atoms with van der Waals surface area (Å²) in [7, 11) is 0. The molecule has 4 rings (SSSR count). The predicted octanol–water partition coefficient (Wildman–Crippen LogP) is 4.26. The van der Waals surface area contributed by atoms with E-state index >= 15 is 0 Å². The van der Waals surface area contributed by atoms with Crippen LogP contribution in [0, 0.1) is 0 Å². The first-order valence-corrected chi connectivity index (χ1v) is 7.39. The van der Waals surface area contributed by atoms with E-state index in [0.717, 1.165) is 16.1 Å². The molecule has 0 aliphatic heterocycles. The fourth-order valence-corrected chi connectivity index (χ4v) is 2.77. The van der Waals surface area contributed by atoms with Crippen LogP contribution in [0.4, 0.5) is 0 Å². The fourth-order valence-electron chi connectivity index (χ4n) is 2.13. The summed E-state index contributed by atoms with van der Waals surface area (Å²) < 4.78 is 7.36. The maximum atomic E-state index is 5.31. The Balaban J connectivity index is 1.65. The maximum absolute atomic E-state index is 5.31. The van der Waals surface area contributed by atoms with Gasteiger partial charge in [-0.3, -0.25) is 0 Å². The van der Waals surface area contributed by atoms with Gasteiger partial charge in [-0.25, -0.2) is 0 Å². The van der Waals surface area contributed by atoms with Crippen molar-refractivity contribution in [2.75, 3.05) is 0 Å². The van der Waals surface area contributed by atoms with Gasteiger partial charge in [0, 0.05) is 23.6 Å². The molecule has 0 bridgehead atoms. The zero-order chi connectivity index (χ0) is 14.1. The molecule has 0 saturated carbocycles. The van der Waals surface area contributed by atoms with Gasteiger partial charge < -0.3 is 9.09 Å². The van der Waals surface area contributed by atoms with Crippen LogP contribution in [0.1, 0.15) is 0 Å². The van der Waals surface area contributed by atoms with Crippen molar-refractivity contribution in [2.45, 2.75) is 0 Å². The Morgan fingerprint density at radius 1 is 0.952 bits per heavy atom. The summed E-state index contributed by atoms with van der Waals surface area (Å²) in [5.41, 5.74) is 2.04. The third kappa shape index (κ3) is 2.28. The SMILES string of the molecule is c1csc(-c2nc(-c3ccc(-n4cccc4)cc3)no2)c1. The summed E-state index contributed by atoms with van der Waals surface area (Å²) in [5.74, 6) is 1.17. The van der Waals surface area contributed by atoms with Gasteiger partial charge in [-0.05, 0) is 47.8 Å². The Hall–Kier alpha value is -2.66. The summed E-state index contributed by atoms with van der Waals surface area (Å²) in [6, 6.07) is 16.0. The smallest absolute Gasteiger partial charge is 0.268 e. The third-order valence-corrected chi connectivity index (χ3v) is 4.04. The van der Waals surface area contributed by atoms with Crippen LogP contribution in [0.5, 0.6) is 0 Å². The summed E-state index contributed by atoms with van der Waals surface area (Å²) >= 11 is 1.59. The molecular formula is C16H11N3OS. The molecule has 0 N–H and O–H groups in total. The van der Waals surface area contributed by atoms with Gasteiger partial charge in [0.1, 0.15) is 0 Å². The molecule has 3 aromatic heterocycles. The molecule has 1 aromatic carbocycles. The van der Waals surface area contributed by atoms with Crippen LogP contribution in [0.15, 0.2) is 70.8 Å². The zero-order valence-electron chi connectivity index (χ0n) is 11.0. The van der Waals surface area contributed by atoms with Crippen molar-refractivity contribution in [1.82, 2.24) is 14.7 Å². The first-order valence-electron chi connectivity index (χ1n) is 6.51. The molecule has 0 atom stereocenters. The highest BCUT2D eigenvalue weighted by Crippen LogP contribution is 2.26. The second-order valence-electron chi connectivity index (χ2n) is 4.54. The number of hydrogen-bond donors (Lipinski definition) is 0. The topological polar surface area (TPSA) is 43.9 Å². The number of nitrogens with zero attached hydrogens (tertiary/aromatic N) is 3. The Labute approximate surface area is 125 Å². The molecule has 0 aliphatic carbocycles. The van der Waals surface area contributed by atoms with Crippen LogP contribution in [-0.4, -0.2) is 14.7 Å². The van der Waals surface area contributed by atoms with Crippen LogP contribution >= 0.6 is 11.3 Å². The van der Waals surface area contributed by atoms with Gasteiger partial charge >= 0.3 is 0 Å². The highest BCUT2D eigenvalue weighted by Gasteiger charge is 2.11. The van der Waals surface area contributed by atoms with Gasteiger partial charge in [0.25, 0.3) is 5.89 Å². The average Bonchev–Trinajstić information content (AvgIpc) is 3.27. The Morgan fingerprint density at radius 3 is 2.48 bits per heavy atom. The van der Waals surface area contributed by atoms with Gasteiger partial charge in [0.05, 0.1) is 4.88 Å². The Bertz CT molecular complexity index is 830. The highest BCUT2D eigenvalue weighted by atomic mass is 32.1. The summed E-state index contributed by atoms with van der Waals surface area (Å²) in [5, 5.41) is 6.04. The van der Waals surface area contributed by atoms with Gasteiger partial charge in [-0.2, -0.15) is 4.98 Å². The van der Waals surface area contributed by atoms with Crippen LogP contribution in [-0.2, 0) is 0 Å². The molecule has 4 aromatic rings. The second-order valence-corrected chi connectivity index (χ2v) is 5.49. The van der Waals surface area contributed by atoms with Crippen molar-refractivity contribution in [3.8, 4) is 27.8 Å². The van der Waals surface area contributed by atoms with Crippen molar-refractivity contribution < 1.29 is 4.52 Å². The standard InChI is InChI=1S/C16H11N3OS/c1-2-10-19(9-1)13-7-5-12(6-8-13)15-17-16(20-18-15)14-4-3-11-21-14/h1-11H. The molecule has 0 amide bonds. The van der Waals surface area contributed by atoms with Gasteiger partial charge in [0.15, 0.2) is 0 Å². The number of thiophene rings is 1. The lowest BCUT2D eigenvalue weighted by Gasteiger charge is -2.02. The number of aromatic nitrogens is 3. The summed E-state index contributed by atoms with van der Waals surface area (Å²) in [6.45, 7) is 0. The Kier molecular flexibility index (Phi) is 2.90. The van der Waals surface area contributed by atoms with Crippen molar-refractivity contribution >= 4 is 11.3 Å². The molecular weight excluding hydrogens is 282 g/mol. The molecule has 4 nitrogen and oxygen atoms in total. The minimum absolute atomic E-state index is 0.564. The molecule has 0 radical (unpaired) electrons. The largest absolute Gasteiger partial charge is 0.333 e. The van der Waals surface area contributed by atoms with Crippen LogP contribution in [0.25, 0.3) is 27.8 Å². The number of rotatable bonds is 3. The van der Waals surface area contributed by atoms with E-state index in [1.807, 2.05) is 66.3 Å².